The van der Waals surface area contributed by atoms with Crippen molar-refractivity contribution in [2.75, 3.05) is 32.1 Å². The third kappa shape index (κ3) is 5.13. The average molecular weight is 403 g/mol. The summed E-state index contributed by atoms with van der Waals surface area (Å²) >= 11 is 5.99. The highest BCUT2D eigenvalue weighted by molar-refractivity contribution is 6.32. The van der Waals surface area contributed by atoms with Crippen molar-refractivity contribution in [1.29, 1.82) is 0 Å². The second-order valence-corrected chi connectivity index (χ2v) is 6.62. The van der Waals surface area contributed by atoms with Crippen LogP contribution in [0, 0.1) is 0 Å². The molecular formula is C19H21ClN5O3+. The monoisotopic (exact) mass is 402 g/mol. The largest absolute Gasteiger partial charge is 0.379 e. The van der Waals surface area contributed by atoms with Crippen LogP contribution in [0.2, 0.25) is 5.15 Å². The third-order valence-corrected chi connectivity index (χ3v) is 4.48. The zero-order valence-corrected chi connectivity index (χ0v) is 16.1. The number of methoxy groups -OCH3 is 1. The Kier molecular flexibility index (Phi) is 6.70. The molecule has 0 radical (unpaired) electrons. The van der Waals surface area contributed by atoms with Crippen molar-refractivity contribution in [2.24, 2.45) is 0 Å². The minimum absolute atomic E-state index is 0.158. The third-order valence-electron chi connectivity index (χ3n) is 4.18. The van der Waals surface area contributed by atoms with Crippen LogP contribution in [-0.2, 0) is 16.1 Å². The van der Waals surface area contributed by atoms with Crippen molar-refractivity contribution in [3.05, 3.63) is 63.9 Å². The minimum atomic E-state index is -0.218. The number of amides is 1. The van der Waals surface area contributed by atoms with Gasteiger partial charge in [-0.3, -0.25) is 9.59 Å². The molecule has 0 fully saturated rings. The van der Waals surface area contributed by atoms with Crippen molar-refractivity contribution >= 4 is 34.1 Å². The Morgan fingerprint density at radius 3 is 2.89 bits per heavy atom. The van der Waals surface area contributed by atoms with E-state index in [2.05, 4.69) is 20.3 Å². The molecule has 2 heterocycles. The van der Waals surface area contributed by atoms with Gasteiger partial charge in [-0.1, -0.05) is 23.7 Å². The molecule has 0 aliphatic carbocycles. The fourth-order valence-corrected chi connectivity index (χ4v) is 3.01. The van der Waals surface area contributed by atoms with Crippen LogP contribution in [0.15, 0.2) is 47.4 Å². The molecule has 2 aromatic heterocycles. The smallest absolute Gasteiger partial charge is 0.279 e. The van der Waals surface area contributed by atoms with Crippen LogP contribution in [0.1, 0.15) is 5.82 Å². The summed E-state index contributed by atoms with van der Waals surface area (Å²) in [6.07, 6.45) is 1.55. The highest BCUT2D eigenvalue weighted by Crippen LogP contribution is 2.16. The molecule has 0 saturated carbocycles. The quantitative estimate of drug-likeness (QED) is 0.480. The second-order valence-electron chi connectivity index (χ2n) is 6.27. The lowest BCUT2D eigenvalue weighted by atomic mass is 10.2. The molecule has 3 N–H and O–H groups in total. The number of aromatic amines is 1. The Morgan fingerprint density at radius 1 is 1.29 bits per heavy atom. The van der Waals surface area contributed by atoms with E-state index in [1.807, 2.05) is 6.07 Å². The molecule has 1 amide bonds. The summed E-state index contributed by atoms with van der Waals surface area (Å²) in [7, 11) is 1.60. The van der Waals surface area contributed by atoms with Gasteiger partial charge in [-0.15, -0.1) is 0 Å². The van der Waals surface area contributed by atoms with Gasteiger partial charge in [0.05, 0.1) is 23.2 Å². The van der Waals surface area contributed by atoms with E-state index in [1.165, 1.54) is 0 Å². The first-order valence-electron chi connectivity index (χ1n) is 8.77. The number of anilines is 1. The normalized spacial score (nSPS) is 12.1. The molecule has 1 unspecified atom stereocenters. The van der Waals surface area contributed by atoms with Crippen LogP contribution in [-0.4, -0.2) is 47.7 Å². The molecule has 146 valence electrons. The van der Waals surface area contributed by atoms with E-state index in [1.54, 1.807) is 43.6 Å². The number of pyridine rings is 1. The lowest BCUT2D eigenvalue weighted by Gasteiger charge is -2.18. The molecule has 3 aromatic rings. The molecule has 0 aliphatic rings. The Balaban J connectivity index is 1.74. The number of aromatic nitrogens is 3. The van der Waals surface area contributed by atoms with Gasteiger partial charge in [-0.05, 0) is 24.3 Å². The van der Waals surface area contributed by atoms with Crippen LogP contribution in [0.25, 0.3) is 10.9 Å². The number of carbonyl (C=O) groups excluding carboxylic acids is 1. The molecule has 8 nitrogen and oxygen atoms in total. The zero-order chi connectivity index (χ0) is 19.9. The maximum Gasteiger partial charge on any atom is 0.279 e. The number of benzene rings is 1. The number of para-hydroxylation sites is 1. The molecule has 9 heteroatoms. The molecule has 1 atom stereocenters. The average Bonchev–Trinajstić information content (AvgIpc) is 2.68. The Labute approximate surface area is 166 Å². The molecule has 0 saturated heterocycles. The van der Waals surface area contributed by atoms with Gasteiger partial charge < -0.3 is 19.9 Å². The van der Waals surface area contributed by atoms with Gasteiger partial charge in [-0.25, -0.2) is 9.97 Å². The van der Waals surface area contributed by atoms with Gasteiger partial charge in [-0.2, -0.15) is 0 Å². The van der Waals surface area contributed by atoms with Gasteiger partial charge in [0.1, 0.15) is 13.1 Å². The number of hydrogen-bond donors (Lipinski definition) is 3. The van der Waals surface area contributed by atoms with Crippen molar-refractivity contribution in [3.63, 3.8) is 0 Å². The molecule has 3 rings (SSSR count). The maximum absolute atomic E-state index is 12.5. The fraction of sp³-hybridized carbons (Fsp3) is 0.263. The summed E-state index contributed by atoms with van der Waals surface area (Å²) in [4.78, 5) is 36.9. The topological polar surface area (TPSA) is 101 Å². The SMILES string of the molecule is COCC[NH+](CC(=O)Nc1cccnc1Cl)Cc1nc2ccccc2c(=O)[nH]1. The van der Waals surface area contributed by atoms with E-state index in [0.29, 0.717) is 42.1 Å². The second kappa shape index (κ2) is 9.41. The number of quaternary nitrogens is 1. The molecule has 1 aromatic carbocycles. The number of nitrogens with zero attached hydrogens (tertiary/aromatic N) is 2. The van der Waals surface area contributed by atoms with Crippen molar-refractivity contribution in [2.45, 2.75) is 6.54 Å². The number of rotatable bonds is 8. The van der Waals surface area contributed by atoms with E-state index >= 15 is 0 Å². The number of carbonyl (C=O) groups is 1. The van der Waals surface area contributed by atoms with E-state index in [-0.39, 0.29) is 23.2 Å². The van der Waals surface area contributed by atoms with Crippen molar-refractivity contribution < 1.29 is 14.4 Å². The number of ether oxygens (including phenoxy) is 1. The first-order chi connectivity index (χ1) is 13.6. The highest BCUT2D eigenvalue weighted by atomic mass is 35.5. The summed E-state index contributed by atoms with van der Waals surface area (Å²) in [6, 6.07) is 10.5. The van der Waals surface area contributed by atoms with Crippen LogP contribution >= 0.6 is 11.6 Å². The maximum atomic E-state index is 12.5. The predicted molar refractivity (Wildman–Crippen MR) is 107 cm³/mol. The minimum Gasteiger partial charge on any atom is -0.379 e. The van der Waals surface area contributed by atoms with Gasteiger partial charge in [0.25, 0.3) is 11.5 Å². The number of fused-ring (bicyclic) bond motifs is 1. The Morgan fingerprint density at radius 2 is 2.11 bits per heavy atom. The summed E-state index contributed by atoms with van der Waals surface area (Å²) in [6.45, 7) is 1.57. The van der Waals surface area contributed by atoms with Crippen molar-refractivity contribution in [1.82, 2.24) is 15.0 Å². The first-order valence-corrected chi connectivity index (χ1v) is 9.15. The van der Waals surface area contributed by atoms with Gasteiger partial charge in [0, 0.05) is 13.3 Å². The van der Waals surface area contributed by atoms with Crippen LogP contribution < -0.4 is 15.8 Å². The highest BCUT2D eigenvalue weighted by Gasteiger charge is 2.18. The molecular weight excluding hydrogens is 382 g/mol. The Hall–Kier alpha value is -2.81. The van der Waals surface area contributed by atoms with Gasteiger partial charge in [0.15, 0.2) is 17.5 Å². The molecule has 0 bridgehead atoms. The number of halogens is 1. The standard InChI is InChI=1S/C19H20ClN5O3/c1-28-10-9-25(12-17(26)23-15-7-4-8-21-18(15)20)11-16-22-14-6-3-2-5-13(14)19(27)24-16/h2-8H,9-12H2,1H3,(H,23,26)(H,22,24,27)/p+1. The summed E-state index contributed by atoms with van der Waals surface area (Å²) in [5, 5.41) is 3.52. The number of nitrogens with one attached hydrogen (secondary N) is 3. The van der Waals surface area contributed by atoms with E-state index in [4.69, 9.17) is 16.3 Å². The van der Waals surface area contributed by atoms with Gasteiger partial charge in [0.2, 0.25) is 0 Å². The van der Waals surface area contributed by atoms with Crippen molar-refractivity contribution in [3.8, 4) is 0 Å². The number of hydrogen-bond acceptors (Lipinski definition) is 5. The van der Waals surface area contributed by atoms with E-state index < -0.39 is 0 Å². The zero-order valence-electron chi connectivity index (χ0n) is 15.4. The molecule has 28 heavy (non-hydrogen) atoms. The lowest BCUT2D eigenvalue weighted by Crippen LogP contribution is -3.12. The summed E-state index contributed by atoms with van der Waals surface area (Å²) in [5.74, 6) is 0.297. The van der Waals surface area contributed by atoms with E-state index in [0.717, 1.165) is 4.90 Å². The predicted octanol–water partition coefficient (Wildman–Crippen LogP) is 0.642. The van der Waals surface area contributed by atoms with E-state index in [9.17, 15) is 9.59 Å². The Bertz CT molecular complexity index is 1020. The van der Waals surface area contributed by atoms with Crippen LogP contribution in [0.4, 0.5) is 5.69 Å². The van der Waals surface area contributed by atoms with Crippen LogP contribution in [0.5, 0.6) is 0 Å². The molecule has 0 aliphatic heterocycles. The van der Waals surface area contributed by atoms with Crippen LogP contribution in [0.3, 0.4) is 0 Å². The molecule has 0 spiro atoms. The first kappa shape index (κ1) is 19.9. The summed E-state index contributed by atoms with van der Waals surface area (Å²) in [5.41, 5.74) is 0.884. The fourth-order valence-electron chi connectivity index (χ4n) is 2.84. The lowest BCUT2D eigenvalue weighted by molar-refractivity contribution is -0.906. The van der Waals surface area contributed by atoms with Gasteiger partial charge >= 0.3 is 0 Å². The summed E-state index contributed by atoms with van der Waals surface area (Å²) < 4.78 is 5.15. The number of H-pyrrole nitrogens is 1.